The van der Waals surface area contributed by atoms with E-state index in [1.54, 1.807) is 24.3 Å². The van der Waals surface area contributed by atoms with E-state index in [1.807, 2.05) is 6.07 Å². The van der Waals surface area contributed by atoms with Gasteiger partial charge in [0.1, 0.15) is 18.2 Å². The minimum absolute atomic E-state index is 0.0290. The van der Waals surface area contributed by atoms with Crippen LogP contribution in [0.25, 0.3) is 0 Å². The van der Waals surface area contributed by atoms with Crippen LogP contribution in [0.2, 0.25) is 0 Å². The maximum absolute atomic E-state index is 12.0. The van der Waals surface area contributed by atoms with E-state index in [9.17, 15) is 14.7 Å². The van der Waals surface area contributed by atoms with Crippen LogP contribution in [0.3, 0.4) is 0 Å². The first-order valence-corrected chi connectivity index (χ1v) is 6.48. The summed E-state index contributed by atoms with van der Waals surface area (Å²) in [6.07, 6.45) is -1.51. The number of hydrogen-bond donors (Lipinski definition) is 3. The van der Waals surface area contributed by atoms with Crippen LogP contribution in [-0.4, -0.2) is 57.1 Å². The van der Waals surface area contributed by atoms with Gasteiger partial charge in [-0.25, -0.2) is 9.59 Å². The predicted molar refractivity (Wildman–Crippen MR) is 71.4 cm³/mol. The molecule has 1 aromatic carbocycles. The number of aliphatic hydroxyl groups excluding tert-OH is 1. The minimum Gasteiger partial charge on any atom is -0.465 e. The summed E-state index contributed by atoms with van der Waals surface area (Å²) in [7, 11) is 0. The van der Waals surface area contributed by atoms with Gasteiger partial charge in [-0.05, 0) is 5.56 Å². The molecule has 0 bridgehead atoms. The molecule has 1 saturated heterocycles. The van der Waals surface area contributed by atoms with E-state index in [0.717, 1.165) is 10.5 Å². The van der Waals surface area contributed by atoms with Crippen LogP contribution in [0.1, 0.15) is 12.0 Å². The number of carbonyl (C=O) groups is 2. The van der Waals surface area contributed by atoms with E-state index in [4.69, 9.17) is 14.9 Å². The summed E-state index contributed by atoms with van der Waals surface area (Å²) >= 11 is 0. The van der Waals surface area contributed by atoms with Crippen molar-refractivity contribution in [2.24, 2.45) is 0 Å². The highest BCUT2D eigenvalue weighted by Crippen LogP contribution is 2.28. The minimum atomic E-state index is -1.60. The van der Waals surface area contributed by atoms with E-state index in [-0.39, 0.29) is 19.6 Å². The molecule has 1 aromatic rings. The molecule has 0 unspecified atom stereocenters. The van der Waals surface area contributed by atoms with Crippen molar-refractivity contribution in [3.63, 3.8) is 0 Å². The quantitative estimate of drug-likeness (QED) is 0.685. The number of amides is 1. The average molecular weight is 295 g/mol. The molecule has 1 amide bonds. The molecule has 3 N–H and O–H groups in total. The highest BCUT2D eigenvalue weighted by Gasteiger charge is 2.48. The van der Waals surface area contributed by atoms with Crippen molar-refractivity contribution in [3.8, 4) is 0 Å². The van der Waals surface area contributed by atoms with Crippen molar-refractivity contribution in [1.82, 2.24) is 4.90 Å². The molecule has 0 saturated carbocycles. The molecule has 1 heterocycles. The standard InChI is InChI=1S/C14H17NO6/c16-9-14(20)6-11(15(8-14)13(18)19)12(17)21-7-10-4-2-1-3-5-10/h1-5,11,16,20H,6-9H2,(H,18,19)/t11-,14-/m0/s1. The maximum atomic E-state index is 12.0. The summed E-state index contributed by atoms with van der Waals surface area (Å²) in [5.41, 5.74) is -0.822. The van der Waals surface area contributed by atoms with Gasteiger partial charge in [-0.1, -0.05) is 30.3 Å². The molecule has 0 aliphatic carbocycles. The number of carbonyl (C=O) groups excluding carboxylic acids is 1. The fourth-order valence-electron chi connectivity index (χ4n) is 2.31. The van der Waals surface area contributed by atoms with Gasteiger partial charge >= 0.3 is 12.1 Å². The topological polar surface area (TPSA) is 107 Å². The molecule has 2 atom stereocenters. The van der Waals surface area contributed by atoms with Crippen LogP contribution in [0.4, 0.5) is 4.79 Å². The Morgan fingerprint density at radius 3 is 2.57 bits per heavy atom. The lowest BCUT2D eigenvalue weighted by Crippen LogP contribution is -2.41. The number of carboxylic acid groups (broad SMARTS) is 1. The van der Waals surface area contributed by atoms with Crippen LogP contribution in [0.15, 0.2) is 30.3 Å². The van der Waals surface area contributed by atoms with Crippen molar-refractivity contribution in [2.45, 2.75) is 24.7 Å². The monoisotopic (exact) mass is 295 g/mol. The molecular weight excluding hydrogens is 278 g/mol. The van der Waals surface area contributed by atoms with Gasteiger partial charge in [0.2, 0.25) is 0 Å². The van der Waals surface area contributed by atoms with Crippen molar-refractivity contribution in [2.75, 3.05) is 13.2 Å². The summed E-state index contributed by atoms with van der Waals surface area (Å²) in [4.78, 5) is 23.9. The smallest absolute Gasteiger partial charge is 0.408 e. The zero-order chi connectivity index (χ0) is 15.5. The fraction of sp³-hybridized carbons (Fsp3) is 0.429. The van der Waals surface area contributed by atoms with Crippen LogP contribution < -0.4 is 0 Å². The third-order valence-corrected chi connectivity index (χ3v) is 3.45. The average Bonchev–Trinajstić information content (AvgIpc) is 2.85. The Morgan fingerprint density at radius 1 is 1.33 bits per heavy atom. The van der Waals surface area contributed by atoms with Gasteiger partial charge in [0.15, 0.2) is 0 Å². The molecule has 114 valence electrons. The first-order chi connectivity index (χ1) is 9.95. The molecule has 7 heteroatoms. The normalized spacial score (nSPS) is 24.9. The van der Waals surface area contributed by atoms with E-state index in [2.05, 4.69) is 0 Å². The molecule has 0 spiro atoms. The number of rotatable bonds is 4. The number of likely N-dealkylation sites (tertiary alicyclic amines) is 1. The third-order valence-electron chi connectivity index (χ3n) is 3.45. The summed E-state index contributed by atoms with van der Waals surface area (Å²) in [5.74, 6) is -0.731. The van der Waals surface area contributed by atoms with Crippen LogP contribution in [-0.2, 0) is 16.1 Å². The lowest BCUT2D eigenvalue weighted by Gasteiger charge is -2.20. The number of benzene rings is 1. The Balaban J connectivity index is 2.01. The van der Waals surface area contributed by atoms with Gasteiger partial charge in [0.05, 0.1) is 13.2 Å². The Kier molecular flexibility index (Phi) is 4.44. The lowest BCUT2D eigenvalue weighted by molar-refractivity contribution is -0.150. The number of β-amino-alcohol motifs (C(OH)–C–C–N with tert-alkyl or cyclic N) is 1. The zero-order valence-corrected chi connectivity index (χ0v) is 11.3. The number of nitrogens with zero attached hydrogens (tertiary/aromatic N) is 1. The van der Waals surface area contributed by atoms with Crippen LogP contribution in [0, 0.1) is 0 Å². The number of hydrogen-bond acceptors (Lipinski definition) is 5. The molecule has 2 rings (SSSR count). The van der Waals surface area contributed by atoms with Gasteiger partial charge in [-0.2, -0.15) is 0 Å². The maximum Gasteiger partial charge on any atom is 0.408 e. The van der Waals surface area contributed by atoms with Crippen molar-refractivity contribution < 1.29 is 29.6 Å². The van der Waals surface area contributed by atoms with Gasteiger partial charge < -0.3 is 20.1 Å². The summed E-state index contributed by atoms with van der Waals surface area (Å²) in [5, 5.41) is 28.1. The van der Waals surface area contributed by atoms with Crippen LogP contribution in [0.5, 0.6) is 0 Å². The number of ether oxygens (including phenoxy) is 1. The number of aliphatic hydroxyl groups is 2. The first-order valence-electron chi connectivity index (χ1n) is 6.48. The first kappa shape index (κ1) is 15.3. The second kappa shape index (κ2) is 6.11. The van der Waals surface area contributed by atoms with E-state index in [1.165, 1.54) is 0 Å². The third kappa shape index (κ3) is 3.50. The van der Waals surface area contributed by atoms with E-state index in [0.29, 0.717) is 0 Å². The second-order valence-corrected chi connectivity index (χ2v) is 5.11. The van der Waals surface area contributed by atoms with Gasteiger partial charge in [0, 0.05) is 6.42 Å². The zero-order valence-electron chi connectivity index (χ0n) is 11.3. The van der Waals surface area contributed by atoms with Crippen molar-refractivity contribution in [1.29, 1.82) is 0 Å². The van der Waals surface area contributed by atoms with Gasteiger partial charge in [0.25, 0.3) is 0 Å². The lowest BCUT2D eigenvalue weighted by atomic mass is 10.0. The highest BCUT2D eigenvalue weighted by atomic mass is 16.5. The Labute approximate surface area is 121 Å². The largest absolute Gasteiger partial charge is 0.465 e. The van der Waals surface area contributed by atoms with E-state index < -0.39 is 30.3 Å². The van der Waals surface area contributed by atoms with Gasteiger partial charge in [-0.15, -0.1) is 0 Å². The molecular formula is C14H17NO6. The molecule has 1 aliphatic heterocycles. The van der Waals surface area contributed by atoms with Crippen molar-refractivity contribution in [3.05, 3.63) is 35.9 Å². The summed E-state index contributed by atoms with van der Waals surface area (Å²) in [6.45, 7) is -0.898. The highest BCUT2D eigenvalue weighted by molar-refractivity contribution is 5.82. The SMILES string of the molecule is O=C(OCc1ccccc1)[C@@H]1C[C@@](O)(CO)CN1C(=O)O. The Hall–Kier alpha value is -2.12. The molecule has 0 radical (unpaired) electrons. The predicted octanol–water partition coefficient (Wildman–Crippen LogP) is 0.205. The number of esters is 1. The molecule has 7 nitrogen and oxygen atoms in total. The fourth-order valence-corrected chi connectivity index (χ4v) is 2.31. The Morgan fingerprint density at radius 2 is 2.00 bits per heavy atom. The van der Waals surface area contributed by atoms with E-state index >= 15 is 0 Å². The van der Waals surface area contributed by atoms with Crippen LogP contribution >= 0.6 is 0 Å². The Bertz CT molecular complexity index is 519. The van der Waals surface area contributed by atoms with Gasteiger partial charge in [-0.3, -0.25) is 4.90 Å². The second-order valence-electron chi connectivity index (χ2n) is 5.11. The molecule has 1 aliphatic rings. The summed E-state index contributed by atoms with van der Waals surface area (Å²) < 4.78 is 5.09. The molecule has 21 heavy (non-hydrogen) atoms. The summed E-state index contributed by atoms with van der Waals surface area (Å²) in [6, 6.07) is 7.88. The molecule has 1 fully saturated rings. The van der Waals surface area contributed by atoms with Crippen molar-refractivity contribution >= 4 is 12.1 Å². The molecule has 0 aromatic heterocycles.